The molecule has 0 saturated heterocycles. The second kappa shape index (κ2) is 7.64. The fourth-order valence-corrected chi connectivity index (χ4v) is 1.36. The van der Waals surface area contributed by atoms with Crippen LogP contribution in [0.5, 0.6) is 0 Å². The lowest BCUT2D eigenvalue weighted by molar-refractivity contribution is -0.157. The Balaban J connectivity index is 2.28. The molecule has 0 aliphatic heterocycles. The first kappa shape index (κ1) is 17.0. The van der Waals surface area contributed by atoms with Gasteiger partial charge in [-0.3, -0.25) is 4.79 Å². The molecule has 1 aromatic rings. The summed E-state index contributed by atoms with van der Waals surface area (Å²) in [4.78, 5) is 22.9. The number of hydrogen-bond donors (Lipinski definition) is 1. The largest absolute Gasteiger partial charge is 0.508 e. The number of carbonyl (C=O) groups is 2. The van der Waals surface area contributed by atoms with Crippen molar-refractivity contribution >= 4 is 12.1 Å². The summed E-state index contributed by atoms with van der Waals surface area (Å²) in [6.07, 6.45) is -0.877. The van der Waals surface area contributed by atoms with Crippen LogP contribution >= 0.6 is 0 Å². The average Bonchev–Trinajstić information content (AvgIpc) is 2.41. The van der Waals surface area contributed by atoms with Crippen LogP contribution in [0.2, 0.25) is 0 Å². The van der Waals surface area contributed by atoms with Gasteiger partial charge in [0.25, 0.3) is 0 Å². The summed E-state index contributed by atoms with van der Waals surface area (Å²) >= 11 is 0. The van der Waals surface area contributed by atoms with Crippen LogP contribution in [0.3, 0.4) is 0 Å². The van der Waals surface area contributed by atoms with Gasteiger partial charge in [0.2, 0.25) is 0 Å². The zero-order valence-corrected chi connectivity index (χ0v) is 12.5. The van der Waals surface area contributed by atoms with Gasteiger partial charge in [0, 0.05) is 0 Å². The second-order valence-electron chi connectivity index (χ2n) is 5.48. The predicted octanol–water partition coefficient (Wildman–Crippen LogP) is 2.01. The van der Waals surface area contributed by atoms with Crippen molar-refractivity contribution in [2.24, 2.45) is 5.73 Å². The number of nitrogens with two attached hydrogens (primary N) is 1. The third-order valence-corrected chi connectivity index (χ3v) is 2.29. The number of esters is 1. The molecule has 0 aliphatic rings. The van der Waals surface area contributed by atoms with E-state index in [1.807, 2.05) is 30.3 Å². The van der Waals surface area contributed by atoms with Gasteiger partial charge in [-0.2, -0.15) is 0 Å². The molecule has 0 spiro atoms. The van der Waals surface area contributed by atoms with E-state index in [0.29, 0.717) is 0 Å². The van der Waals surface area contributed by atoms with Gasteiger partial charge in [0.1, 0.15) is 24.9 Å². The minimum absolute atomic E-state index is 0.0986. The third-order valence-electron chi connectivity index (χ3n) is 2.29. The fraction of sp³-hybridized carbons (Fsp3) is 0.467. The molecule has 0 aromatic heterocycles. The van der Waals surface area contributed by atoms with E-state index < -0.39 is 23.8 Å². The summed E-state index contributed by atoms with van der Waals surface area (Å²) in [6, 6.07) is 8.14. The smallest absolute Gasteiger partial charge is 0.459 e. The maximum Gasteiger partial charge on any atom is 0.508 e. The lowest BCUT2D eigenvalue weighted by Gasteiger charge is -2.21. The predicted molar refractivity (Wildman–Crippen MR) is 76.4 cm³/mol. The van der Waals surface area contributed by atoms with Crippen LogP contribution in [0, 0.1) is 0 Å². The van der Waals surface area contributed by atoms with Gasteiger partial charge in [-0.05, 0) is 26.3 Å². The van der Waals surface area contributed by atoms with Gasteiger partial charge >= 0.3 is 12.1 Å². The number of hydrogen-bond acceptors (Lipinski definition) is 6. The maximum atomic E-state index is 11.6. The lowest BCUT2D eigenvalue weighted by Crippen LogP contribution is -2.41. The number of benzene rings is 1. The van der Waals surface area contributed by atoms with Crippen molar-refractivity contribution in [1.82, 2.24) is 0 Å². The third kappa shape index (κ3) is 7.31. The highest BCUT2D eigenvalue weighted by atomic mass is 16.7. The Morgan fingerprint density at radius 1 is 1.14 bits per heavy atom. The van der Waals surface area contributed by atoms with E-state index in [9.17, 15) is 9.59 Å². The van der Waals surface area contributed by atoms with Crippen LogP contribution in [0.1, 0.15) is 26.3 Å². The molecule has 21 heavy (non-hydrogen) atoms. The molecule has 0 bridgehead atoms. The van der Waals surface area contributed by atoms with Crippen LogP contribution in [0.25, 0.3) is 0 Å². The van der Waals surface area contributed by atoms with Crippen molar-refractivity contribution in [2.75, 3.05) is 6.61 Å². The van der Waals surface area contributed by atoms with E-state index in [0.717, 1.165) is 5.56 Å². The van der Waals surface area contributed by atoms with E-state index in [4.69, 9.17) is 19.9 Å². The van der Waals surface area contributed by atoms with Crippen molar-refractivity contribution in [3.05, 3.63) is 35.9 Å². The molecule has 6 nitrogen and oxygen atoms in total. The molecule has 0 fully saturated rings. The summed E-state index contributed by atoms with van der Waals surface area (Å²) < 4.78 is 14.7. The maximum absolute atomic E-state index is 11.6. The molecule has 0 amide bonds. The number of ether oxygens (including phenoxy) is 3. The molecule has 0 radical (unpaired) electrons. The molecule has 1 rings (SSSR count). The first-order chi connectivity index (χ1) is 9.78. The molecule has 0 aliphatic carbocycles. The summed E-state index contributed by atoms with van der Waals surface area (Å²) in [5.74, 6) is -0.627. The monoisotopic (exact) mass is 295 g/mol. The summed E-state index contributed by atoms with van der Waals surface area (Å²) in [7, 11) is 0. The molecule has 0 heterocycles. The van der Waals surface area contributed by atoms with Crippen molar-refractivity contribution in [3.63, 3.8) is 0 Å². The Labute approximate surface area is 124 Å². The van der Waals surface area contributed by atoms with E-state index in [2.05, 4.69) is 0 Å². The molecule has 1 atom stereocenters. The van der Waals surface area contributed by atoms with Gasteiger partial charge in [0.15, 0.2) is 0 Å². The molecule has 1 aromatic carbocycles. The molecule has 116 valence electrons. The fourth-order valence-electron chi connectivity index (χ4n) is 1.36. The zero-order valence-electron chi connectivity index (χ0n) is 12.5. The standard InChI is InChI=1S/C15H21NO5/c1-15(2,3)21-13(17)12(16)10-20-14(18)19-9-11-7-5-4-6-8-11/h4-8,12H,9-10,16H2,1-3H3. The van der Waals surface area contributed by atoms with Gasteiger partial charge in [0.05, 0.1) is 0 Å². The van der Waals surface area contributed by atoms with E-state index in [-0.39, 0.29) is 13.2 Å². The topological polar surface area (TPSA) is 87.9 Å². The van der Waals surface area contributed by atoms with E-state index >= 15 is 0 Å². The normalized spacial score (nSPS) is 12.4. The molecule has 6 heteroatoms. The molecule has 2 N–H and O–H groups in total. The Morgan fingerprint density at radius 2 is 1.76 bits per heavy atom. The van der Waals surface area contributed by atoms with Crippen molar-refractivity contribution in [3.8, 4) is 0 Å². The minimum Gasteiger partial charge on any atom is -0.459 e. The summed E-state index contributed by atoms with van der Waals surface area (Å²) in [5, 5.41) is 0. The van der Waals surface area contributed by atoms with Gasteiger partial charge in [-0.1, -0.05) is 30.3 Å². The lowest BCUT2D eigenvalue weighted by atomic mass is 10.2. The Morgan fingerprint density at radius 3 is 2.33 bits per heavy atom. The molecular weight excluding hydrogens is 274 g/mol. The van der Waals surface area contributed by atoms with Crippen LogP contribution in [-0.2, 0) is 25.6 Å². The minimum atomic E-state index is -1.03. The summed E-state index contributed by atoms with van der Waals surface area (Å²) in [6.45, 7) is 5.00. The first-order valence-electron chi connectivity index (χ1n) is 6.60. The van der Waals surface area contributed by atoms with Crippen LogP contribution in [0.15, 0.2) is 30.3 Å². The second-order valence-corrected chi connectivity index (χ2v) is 5.48. The van der Waals surface area contributed by atoms with Crippen molar-refractivity contribution < 1.29 is 23.8 Å². The Hall–Kier alpha value is -2.08. The van der Waals surface area contributed by atoms with Gasteiger partial charge < -0.3 is 19.9 Å². The highest BCUT2D eigenvalue weighted by Gasteiger charge is 2.23. The van der Waals surface area contributed by atoms with Crippen molar-refractivity contribution in [2.45, 2.75) is 39.0 Å². The number of carbonyl (C=O) groups excluding carboxylic acids is 2. The molecule has 0 saturated carbocycles. The molecule has 1 unspecified atom stereocenters. The Kier molecular flexibility index (Phi) is 6.17. The van der Waals surface area contributed by atoms with Gasteiger partial charge in [-0.25, -0.2) is 4.79 Å². The molecular formula is C15H21NO5. The van der Waals surface area contributed by atoms with Gasteiger partial charge in [-0.15, -0.1) is 0 Å². The van der Waals surface area contributed by atoms with Crippen LogP contribution < -0.4 is 5.73 Å². The summed E-state index contributed by atoms with van der Waals surface area (Å²) in [5.41, 5.74) is 5.78. The van der Waals surface area contributed by atoms with Crippen LogP contribution in [0.4, 0.5) is 4.79 Å². The highest BCUT2D eigenvalue weighted by molar-refractivity contribution is 5.76. The zero-order chi connectivity index (χ0) is 15.9. The Bertz CT molecular complexity index is 467. The average molecular weight is 295 g/mol. The van der Waals surface area contributed by atoms with E-state index in [1.165, 1.54) is 0 Å². The van der Waals surface area contributed by atoms with Crippen LogP contribution in [-0.4, -0.2) is 30.4 Å². The first-order valence-corrected chi connectivity index (χ1v) is 6.60. The van der Waals surface area contributed by atoms with Crippen molar-refractivity contribution in [1.29, 1.82) is 0 Å². The number of rotatable bonds is 5. The van der Waals surface area contributed by atoms with E-state index in [1.54, 1.807) is 20.8 Å². The highest BCUT2D eigenvalue weighted by Crippen LogP contribution is 2.08. The SMILES string of the molecule is CC(C)(C)OC(=O)C(N)COC(=O)OCc1ccccc1. The quantitative estimate of drug-likeness (QED) is 0.836.